The molecular weight excluding hydrogens is 316 g/mol. The van der Waals surface area contributed by atoms with Gasteiger partial charge >= 0.3 is 0 Å². The number of primary amides is 1. The minimum Gasteiger partial charge on any atom is -0.368 e. The molecule has 0 unspecified atom stereocenters. The molecule has 0 aliphatic carbocycles. The summed E-state index contributed by atoms with van der Waals surface area (Å²) in [6.45, 7) is 0.836. The molecule has 0 bridgehead atoms. The number of benzene rings is 2. The quantitative estimate of drug-likeness (QED) is 0.879. The van der Waals surface area contributed by atoms with E-state index in [0.717, 1.165) is 23.1 Å². The highest BCUT2D eigenvalue weighted by atomic mass is 16.5. The molecule has 0 spiro atoms. The van der Waals surface area contributed by atoms with Gasteiger partial charge in [-0.1, -0.05) is 54.6 Å². The molecule has 1 heterocycles. The van der Waals surface area contributed by atoms with Crippen molar-refractivity contribution in [1.29, 1.82) is 0 Å². The van der Waals surface area contributed by atoms with Crippen LogP contribution >= 0.6 is 0 Å². The van der Waals surface area contributed by atoms with Crippen molar-refractivity contribution in [2.45, 2.75) is 25.5 Å². The fraction of sp³-hybridized carbons (Fsp3) is 0.300. The van der Waals surface area contributed by atoms with E-state index in [-0.39, 0.29) is 12.5 Å². The summed E-state index contributed by atoms with van der Waals surface area (Å²) in [5.74, 6) is -0.685. The van der Waals surface area contributed by atoms with Crippen LogP contribution in [0.5, 0.6) is 0 Å². The van der Waals surface area contributed by atoms with Crippen molar-refractivity contribution in [3.63, 3.8) is 0 Å². The van der Waals surface area contributed by atoms with E-state index < -0.39 is 12.0 Å². The lowest BCUT2D eigenvalue weighted by atomic mass is 10.0. The summed E-state index contributed by atoms with van der Waals surface area (Å²) in [6, 6.07) is 18.1. The Bertz CT molecular complexity index is 722. The van der Waals surface area contributed by atoms with E-state index in [1.165, 1.54) is 4.90 Å². The number of carbonyl (C=O) groups is 2. The van der Waals surface area contributed by atoms with Crippen molar-refractivity contribution < 1.29 is 14.3 Å². The zero-order chi connectivity index (χ0) is 17.6. The van der Waals surface area contributed by atoms with Crippen LogP contribution in [-0.4, -0.2) is 36.0 Å². The predicted octanol–water partition coefficient (Wildman–Crippen LogP) is 2.35. The summed E-state index contributed by atoms with van der Waals surface area (Å²) < 4.78 is 5.45. The first kappa shape index (κ1) is 17.2. The van der Waals surface area contributed by atoms with Crippen LogP contribution in [0.25, 0.3) is 11.1 Å². The van der Waals surface area contributed by atoms with Gasteiger partial charge in [-0.15, -0.1) is 0 Å². The van der Waals surface area contributed by atoms with Crippen molar-refractivity contribution in [2.24, 2.45) is 5.73 Å². The first-order valence-electron chi connectivity index (χ1n) is 8.46. The lowest BCUT2D eigenvalue weighted by Crippen LogP contribution is -2.43. The van der Waals surface area contributed by atoms with E-state index in [2.05, 4.69) is 12.1 Å². The molecule has 1 aliphatic heterocycles. The van der Waals surface area contributed by atoms with E-state index in [1.54, 1.807) is 0 Å². The Labute approximate surface area is 147 Å². The third kappa shape index (κ3) is 4.45. The molecule has 0 radical (unpaired) electrons. The fourth-order valence-electron chi connectivity index (χ4n) is 3.03. The molecule has 5 heteroatoms. The maximum Gasteiger partial charge on any atom is 0.252 e. The van der Waals surface area contributed by atoms with E-state index in [0.29, 0.717) is 19.6 Å². The van der Waals surface area contributed by atoms with Crippen molar-refractivity contribution >= 4 is 11.8 Å². The Hall–Kier alpha value is -2.66. The molecule has 1 atom stereocenters. The third-order valence-electron chi connectivity index (χ3n) is 4.30. The van der Waals surface area contributed by atoms with E-state index >= 15 is 0 Å². The van der Waals surface area contributed by atoms with Crippen LogP contribution in [-0.2, 0) is 20.9 Å². The topological polar surface area (TPSA) is 72.6 Å². The maximum atomic E-state index is 12.6. The molecule has 130 valence electrons. The molecule has 1 aliphatic rings. The minimum atomic E-state index is -0.521. The second-order valence-corrected chi connectivity index (χ2v) is 6.23. The van der Waals surface area contributed by atoms with Gasteiger partial charge in [0.1, 0.15) is 6.10 Å². The third-order valence-corrected chi connectivity index (χ3v) is 4.30. The van der Waals surface area contributed by atoms with Crippen molar-refractivity contribution in [2.75, 3.05) is 13.2 Å². The predicted molar refractivity (Wildman–Crippen MR) is 95.5 cm³/mol. The number of nitrogens with two attached hydrogens (primary N) is 1. The van der Waals surface area contributed by atoms with Crippen molar-refractivity contribution in [3.8, 4) is 11.1 Å². The molecule has 2 aromatic carbocycles. The van der Waals surface area contributed by atoms with Crippen LogP contribution in [0.15, 0.2) is 54.6 Å². The smallest absolute Gasteiger partial charge is 0.252 e. The molecule has 3 rings (SSSR count). The van der Waals surface area contributed by atoms with Gasteiger partial charge in [-0.2, -0.15) is 0 Å². The molecule has 2 amide bonds. The number of carbonyl (C=O) groups excluding carboxylic acids is 2. The number of hydrogen-bond acceptors (Lipinski definition) is 3. The Morgan fingerprint density at radius 1 is 1.04 bits per heavy atom. The first-order chi connectivity index (χ1) is 12.1. The molecule has 0 aromatic heterocycles. The molecule has 0 saturated carbocycles. The van der Waals surface area contributed by atoms with Gasteiger partial charge in [0.05, 0.1) is 6.54 Å². The Kier molecular flexibility index (Phi) is 5.46. The summed E-state index contributed by atoms with van der Waals surface area (Å²) in [5, 5.41) is 0. The van der Waals surface area contributed by atoms with E-state index in [9.17, 15) is 9.59 Å². The molecule has 1 fully saturated rings. The van der Waals surface area contributed by atoms with Gasteiger partial charge in [-0.25, -0.2) is 0 Å². The summed E-state index contributed by atoms with van der Waals surface area (Å²) in [6.07, 6.45) is 1.11. The van der Waals surface area contributed by atoms with E-state index in [4.69, 9.17) is 10.5 Å². The minimum absolute atomic E-state index is 0.0981. The van der Waals surface area contributed by atoms with Gasteiger partial charge in [0.15, 0.2) is 0 Å². The highest BCUT2D eigenvalue weighted by molar-refractivity contribution is 5.86. The number of hydrogen-bond donors (Lipinski definition) is 1. The van der Waals surface area contributed by atoms with Crippen LogP contribution in [0.4, 0.5) is 0 Å². The molecule has 1 saturated heterocycles. The SMILES string of the molecule is NC(=O)CN(Cc1ccc(-c2ccccc2)cc1)C(=O)[C@H]1CCCO1. The second kappa shape index (κ2) is 7.94. The number of amides is 2. The van der Waals surface area contributed by atoms with Gasteiger partial charge in [0.2, 0.25) is 5.91 Å². The normalized spacial score (nSPS) is 16.6. The maximum absolute atomic E-state index is 12.6. The van der Waals surface area contributed by atoms with Crippen LogP contribution in [0.3, 0.4) is 0 Å². The molecule has 2 aromatic rings. The van der Waals surface area contributed by atoms with Crippen LogP contribution in [0.2, 0.25) is 0 Å². The fourth-order valence-corrected chi connectivity index (χ4v) is 3.03. The molecule has 5 nitrogen and oxygen atoms in total. The van der Waals surface area contributed by atoms with E-state index in [1.807, 2.05) is 42.5 Å². The zero-order valence-corrected chi connectivity index (χ0v) is 14.1. The molecule has 2 N–H and O–H groups in total. The Balaban J connectivity index is 1.72. The summed E-state index contributed by atoms with van der Waals surface area (Å²) in [4.78, 5) is 25.4. The lowest BCUT2D eigenvalue weighted by molar-refractivity contribution is -0.144. The lowest BCUT2D eigenvalue weighted by Gasteiger charge is -2.24. The van der Waals surface area contributed by atoms with Gasteiger partial charge in [-0.3, -0.25) is 9.59 Å². The molecular formula is C20H22N2O3. The summed E-state index contributed by atoms with van der Waals surface area (Å²) in [7, 11) is 0. The summed E-state index contributed by atoms with van der Waals surface area (Å²) >= 11 is 0. The average molecular weight is 338 g/mol. The van der Waals surface area contributed by atoms with Crippen molar-refractivity contribution in [1.82, 2.24) is 4.90 Å². The standard InChI is InChI=1S/C20H22N2O3/c21-19(23)14-22(20(24)18-7-4-12-25-18)13-15-8-10-17(11-9-15)16-5-2-1-3-6-16/h1-3,5-6,8-11,18H,4,7,12-14H2,(H2,21,23)/t18-/m1/s1. The van der Waals surface area contributed by atoms with Crippen LogP contribution < -0.4 is 5.73 Å². The van der Waals surface area contributed by atoms with Gasteiger partial charge in [0.25, 0.3) is 5.91 Å². The Morgan fingerprint density at radius 3 is 2.32 bits per heavy atom. The van der Waals surface area contributed by atoms with Crippen LogP contribution in [0, 0.1) is 0 Å². The average Bonchev–Trinajstić information content (AvgIpc) is 3.16. The number of rotatable bonds is 6. The summed E-state index contributed by atoms with van der Waals surface area (Å²) in [5.41, 5.74) is 8.51. The van der Waals surface area contributed by atoms with Gasteiger partial charge in [0, 0.05) is 13.2 Å². The molecule has 25 heavy (non-hydrogen) atoms. The first-order valence-corrected chi connectivity index (χ1v) is 8.46. The van der Waals surface area contributed by atoms with Gasteiger partial charge < -0.3 is 15.4 Å². The Morgan fingerprint density at radius 2 is 1.72 bits per heavy atom. The monoisotopic (exact) mass is 338 g/mol. The number of nitrogens with zero attached hydrogens (tertiary/aromatic N) is 1. The van der Waals surface area contributed by atoms with Gasteiger partial charge in [-0.05, 0) is 29.5 Å². The highest BCUT2D eigenvalue weighted by Crippen LogP contribution is 2.21. The number of ether oxygens (including phenoxy) is 1. The second-order valence-electron chi connectivity index (χ2n) is 6.23. The zero-order valence-electron chi connectivity index (χ0n) is 14.1. The van der Waals surface area contributed by atoms with Crippen LogP contribution in [0.1, 0.15) is 18.4 Å². The highest BCUT2D eigenvalue weighted by Gasteiger charge is 2.29. The van der Waals surface area contributed by atoms with Crippen molar-refractivity contribution in [3.05, 3.63) is 60.2 Å². The largest absolute Gasteiger partial charge is 0.368 e.